The van der Waals surface area contributed by atoms with Crippen molar-refractivity contribution < 1.29 is 4.92 Å². The van der Waals surface area contributed by atoms with Crippen molar-refractivity contribution in [3.05, 3.63) is 52.7 Å². The van der Waals surface area contributed by atoms with Crippen molar-refractivity contribution in [3.8, 4) is 0 Å². The fraction of sp³-hybridized carbons (Fsp3) is 0.0909. The number of nitro groups is 1. The summed E-state index contributed by atoms with van der Waals surface area (Å²) in [5, 5.41) is 15.8. The molecule has 0 amide bonds. The zero-order valence-corrected chi connectivity index (χ0v) is 14.9. The summed E-state index contributed by atoms with van der Waals surface area (Å²) < 4.78 is 2.79. The first-order chi connectivity index (χ1) is 8.97. The van der Waals surface area contributed by atoms with Gasteiger partial charge in [-0.2, -0.15) is 0 Å². The van der Waals surface area contributed by atoms with Crippen molar-refractivity contribution in [1.82, 2.24) is 0 Å². The molecule has 0 unspecified atom stereocenters. The third-order valence-corrected chi connectivity index (χ3v) is 4.93. The fourth-order valence-corrected chi connectivity index (χ4v) is 4.72. The second kappa shape index (κ2) is 6.34. The standard InChI is InChI=1S/C11H7Br3N2O2S/c12-7-2-8(13)11(9(14)3-7)15-4-6-1-10(16(17)18)19-5-6/h1-3,5,15H,4H2. The highest BCUT2D eigenvalue weighted by Crippen LogP contribution is 2.35. The molecule has 100 valence electrons. The van der Waals surface area contributed by atoms with Crippen LogP contribution in [0.4, 0.5) is 10.7 Å². The summed E-state index contributed by atoms with van der Waals surface area (Å²) in [6, 6.07) is 5.45. The average Bonchev–Trinajstić information content (AvgIpc) is 2.76. The van der Waals surface area contributed by atoms with E-state index < -0.39 is 0 Å². The van der Waals surface area contributed by atoms with Gasteiger partial charge in [0, 0.05) is 31.4 Å². The zero-order valence-electron chi connectivity index (χ0n) is 9.32. The van der Waals surface area contributed by atoms with Crippen LogP contribution in [0.2, 0.25) is 0 Å². The first kappa shape index (κ1) is 15.0. The van der Waals surface area contributed by atoms with Gasteiger partial charge in [-0.1, -0.05) is 27.3 Å². The van der Waals surface area contributed by atoms with Crippen molar-refractivity contribution in [3.63, 3.8) is 0 Å². The lowest BCUT2D eigenvalue weighted by Gasteiger charge is -2.10. The van der Waals surface area contributed by atoms with Crippen LogP contribution in [-0.2, 0) is 6.54 Å². The Hall–Kier alpha value is -0.440. The minimum atomic E-state index is -0.375. The molecule has 0 spiro atoms. The maximum Gasteiger partial charge on any atom is 0.324 e. The number of hydrogen-bond donors (Lipinski definition) is 1. The quantitative estimate of drug-likeness (QED) is 0.470. The summed E-state index contributed by atoms with van der Waals surface area (Å²) in [5.41, 5.74) is 1.80. The van der Waals surface area contributed by atoms with E-state index in [0.717, 1.165) is 36.0 Å². The Morgan fingerprint density at radius 1 is 1.21 bits per heavy atom. The number of hydrogen-bond acceptors (Lipinski definition) is 4. The van der Waals surface area contributed by atoms with Gasteiger partial charge >= 0.3 is 5.00 Å². The van der Waals surface area contributed by atoms with Gasteiger partial charge in [-0.3, -0.25) is 10.1 Å². The van der Waals surface area contributed by atoms with Gasteiger partial charge in [0.15, 0.2) is 0 Å². The first-order valence-corrected chi connectivity index (χ1v) is 8.33. The number of halogens is 3. The van der Waals surface area contributed by atoms with E-state index in [9.17, 15) is 10.1 Å². The van der Waals surface area contributed by atoms with Crippen molar-refractivity contribution in [2.45, 2.75) is 6.54 Å². The molecule has 2 rings (SSSR count). The monoisotopic (exact) mass is 468 g/mol. The van der Waals surface area contributed by atoms with Crippen LogP contribution in [0.15, 0.2) is 37.0 Å². The van der Waals surface area contributed by atoms with Crippen molar-refractivity contribution in [2.24, 2.45) is 0 Å². The van der Waals surface area contributed by atoms with Gasteiger partial charge in [-0.05, 0) is 49.6 Å². The van der Waals surface area contributed by atoms with Gasteiger partial charge in [-0.25, -0.2) is 0 Å². The van der Waals surface area contributed by atoms with Gasteiger partial charge in [0.05, 0.1) is 10.6 Å². The lowest BCUT2D eigenvalue weighted by molar-refractivity contribution is -0.380. The number of nitrogens with zero attached hydrogens (tertiary/aromatic N) is 1. The minimum Gasteiger partial charge on any atom is -0.379 e. The number of benzene rings is 1. The Kier molecular flexibility index (Phi) is 4.99. The molecule has 0 radical (unpaired) electrons. The van der Waals surface area contributed by atoms with Crippen LogP contribution in [0.1, 0.15) is 5.56 Å². The molecule has 1 aromatic carbocycles. The molecule has 8 heteroatoms. The second-order valence-electron chi connectivity index (χ2n) is 3.65. The molecule has 0 bridgehead atoms. The maximum absolute atomic E-state index is 10.6. The predicted molar refractivity (Wildman–Crippen MR) is 87.8 cm³/mol. The van der Waals surface area contributed by atoms with Gasteiger partial charge in [0.25, 0.3) is 0 Å². The molecule has 0 saturated heterocycles. The molecule has 0 fully saturated rings. The number of anilines is 1. The molecule has 19 heavy (non-hydrogen) atoms. The van der Waals surface area contributed by atoms with Crippen LogP contribution >= 0.6 is 59.1 Å². The maximum atomic E-state index is 10.6. The summed E-state index contributed by atoms with van der Waals surface area (Å²) in [6.45, 7) is 0.531. The van der Waals surface area contributed by atoms with Crippen LogP contribution in [0.3, 0.4) is 0 Å². The smallest absolute Gasteiger partial charge is 0.324 e. The number of rotatable bonds is 4. The zero-order chi connectivity index (χ0) is 14.0. The molecule has 0 saturated carbocycles. The highest BCUT2D eigenvalue weighted by molar-refractivity contribution is 9.11. The molecule has 1 N–H and O–H groups in total. The molecule has 1 aromatic heterocycles. The average molecular weight is 471 g/mol. The molecule has 0 aliphatic rings. The van der Waals surface area contributed by atoms with Crippen molar-refractivity contribution in [2.75, 3.05) is 5.32 Å². The molecular formula is C11H7Br3N2O2S. The van der Waals surface area contributed by atoms with Crippen molar-refractivity contribution in [1.29, 1.82) is 0 Å². The predicted octanol–water partition coefficient (Wildman–Crippen LogP) is 5.56. The third kappa shape index (κ3) is 3.77. The van der Waals surface area contributed by atoms with E-state index in [1.807, 2.05) is 12.1 Å². The van der Waals surface area contributed by atoms with Crippen LogP contribution < -0.4 is 5.32 Å². The molecule has 4 nitrogen and oxygen atoms in total. The lowest BCUT2D eigenvalue weighted by Crippen LogP contribution is -2.00. The van der Waals surface area contributed by atoms with E-state index in [2.05, 4.69) is 53.1 Å². The van der Waals surface area contributed by atoms with E-state index in [0.29, 0.717) is 6.54 Å². The first-order valence-electron chi connectivity index (χ1n) is 5.07. The van der Waals surface area contributed by atoms with Gasteiger partial charge < -0.3 is 5.32 Å². The Labute approximate surface area is 138 Å². The molecule has 0 aliphatic carbocycles. The highest BCUT2D eigenvalue weighted by Gasteiger charge is 2.11. The largest absolute Gasteiger partial charge is 0.379 e. The van der Waals surface area contributed by atoms with Gasteiger partial charge in [0.2, 0.25) is 0 Å². The molecular weight excluding hydrogens is 464 g/mol. The summed E-state index contributed by atoms with van der Waals surface area (Å²) in [4.78, 5) is 10.2. The van der Waals surface area contributed by atoms with Crippen LogP contribution in [-0.4, -0.2) is 4.92 Å². The summed E-state index contributed by atoms with van der Waals surface area (Å²) in [5.74, 6) is 0. The SMILES string of the molecule is O=[N+]([O-])c1cc(CNc2c(Br)cc(Br)cc2Br)cs1. The summed E-state index contributed by atoms with van der Waals surface area (Å²) in [6.07, 6.45) is 0. The normalized spacial score (nSPS) is 10.5. The van der Waals surface area contributed by atoms with Gasteiger partial charge in [-0.15, -0.1) is 0 Å². The van der Waals surface area contributed by atoms with E-state index in [4.69, 9.17) is 0 Å². The molecule has 2 aromatic rings. The Morgan fingerprint density at radius 3 is 2.37 bits per heavy atom. The Bertz CT molecular complexity index is 607. The minimum absolute atomic E-state index is 0.158. The highest BCUT2D eigenvalue weighted by atomic mass is 79.9. The Balaban J connectivity index is 2.12. The van der Waals surface area contributed by atoms with E-state index in [1.54, 1.807) is 11.4 Å². The number of thiophene rings is 1. The molecule has 0 aliphatic heterocycles. The topological polar surface area (TPSA) is 55.2 Å². The summed E-state index contributed by atoms with van der Waals surface area (Å²) in [7, 11) is 0. The van der Waals surface area contributed by atoms with E-state index in [-0.39, 0.29) is 9.92 Å². The lowest BCUT2D eigenvalue weighted by atomic mass is 10.3. The van der Waals surface area contributed by atoms with E-state index in [1.165, 1.54) is 0 Å². The third-order valence-electron chi connectivity index (χ3n) is 2.30. The van der Waals surface area contributed by atoms with Crippen LogP contribution in [0.5, 0.6) is 0 Å². The van der Waals surface area contributed by atoms with Gasteiger partial charge in [0.1, 0.15) is 0 Å². The fourth-order valence-electron chi connectivity index (χ4n) is 1.45. The molecule has 1 heterocycles. The summed E-state index contributed by atoms with van der Waals surface area (Å²) >= 11 is 11.5. The van der Waals surface area contributed by atoms with Crippen LogP contribution in [0.25, 0.3) is 0 Å². The second-order valence-corrected chi connectivity index (χ2v) is 7.16. The Morgan fingerprint density at radius 2 is 1.84 bits per heavy atom. The number of nitrogens with one attached hydrogen (secondary N) is 1. The van der Waals surface area contributed by atoms with Crippen molar-refractivity contribution >= 4 is 69.8 Å². The van der Waals surface area contributed by atoms with E-state index >= 15 is 0 Å². The van der Waals surface area contributed by atoms with Crippen LogP contribution in [0, 0.1) is 10.1 Å². The molecule has 0 atom stereocenters.